The number of hydrogen-bond donors (Lipinski definition) is 2. The SMILES string of the molecule is CC(C)(CNC(=O)CC(N)c1ccccc1)c1ccccc1F.Cl. The Hall–Kier alpha value is -1.91. The molecule has 24 heavy (non-hydrogen) atoms. The van der Waals surface area contributed by atoms with Crippen molar-refractivity contribution in [2.45, 2.75) is 31.7 Å². The predicted octanol–water partition coefficient (Wildman–Crippen LogP) is 3.73. The second-order valence-corrected chi connectivity index (χ2v) is 6.36. The van der Waals surface area contributed by atoms with E-state index in [1.54, 1.807) is 18.2 Å². The van der Waals surface area contributed by atoms with Crippen LogP contribution in [-0.4, -0.2) is 12.5 Å². The molecule has 5 heteroatoms. The van der Waals surface area contributed by atoms with Gasteiger partial charge in [0.15, 0.2) is 0 Å². The van der Waals surface area contributed by atoms with E-state index in [0.29, 0.717) is 12.1 Å². The van der Waals surface area contributed by atoms with Crippen LogP contribution in [0.5, 0.6) is 0 Å². The van der Waals surface area contributed by atoms with Gasteiger partial charge < -0.3 is 11.1 Å². The van der Waals surface area contributed by atoms with Gasteiger partial charge in [0.1, 0.15) is 5.82 Å². The summed E-state index contributed by atoms with van der Waals surface area (Å²) in [5.74, 6) is -0.390. The summed E-state index contributed by atoms with van der Waals surface area (Å²) in [5, 5.41) is 2.86. The van der Waals surface area contributed by atoms with Crippen LogP contribution in [0.2, 0.25) is 0 Å². The molecule has 0 saturated carbocycles. The van der Waals surface area contributed by atoms with Gasteiger partial charge in [-0.3, -0.25) is 4.79 Å². The Labute approximate surface area is 148 Å². The van der Waals surface area contributed by atoms with Gasteiger partial charge in [-0.2, -0.15) is 0 Å². The fourth-order valence-electron chi connectivity index (χ4n) is 2.51. The van der Waals surface area contributed by atoms with E-state index in [9.17, 15) is 9.18 Å². The molecule has 0 aliphatic heterocycles. The quantitative estimate of drug-likeness (QED) is 0.834. The normalized spacial score (nSPS) is 12.2. The molecule has 0 spiro atoms. The molecule has 2 aromatic carbocycles. The smallest absolute Gasteiger partial charge is 0.221 e. The van der Waals surface area contributed by atoms with E-state index >= 15 is 0 Å². The molecule has 0 saturated heterocycles. The Bertz CT molecular complexity index is 661. The number of halogens is 2. The van der Waals surface area contributed by atoms with Crippen molar-refractivity contribution in [3.05, 3.63) is 71.5 Å². The molecule has 0 heterocycles. The van der Waals surface area contributed by atoms with Gasteiger partial charge in [0.05, 0.1) is 0 Å². The number of nitrogens with two attached hydrogens (primary N) is 1. The Balaban J connectivity index is 0.00000288. The summed E-state index contributed by atoms with van der Waals surface area (Å²) in [5.41, 5.74) is 7.08. The average Bonchev–Trinajstić information content (AvgIpc) is 2.54. The molecule has 0 bridgehead atoms. The van der Waals surface area contributed by atoms with E-state index in [1.165, 1.54) is 6.07 Å². The van der Waals surface area contributed by atoms with Crippen molar-refractivity contribution >= 4 is 18.3 Å². The highest BCUT2D eigenvalue weighted by molar-refractivity contribution is 5.85. The van der Waals surface area contributed by atoms with Crippen LogP contribution in [-0.2, 0) is 10.2 Å². The summed E-state index contributed by atoms with van der Waals surface area (Å²) < 4.78 is 13.9. The van der Waals surface area contributed by atoms with E-state index in [1.807, 2.05) is 44.2 Å². The van der Waals surface area contributed by atoms with Gasteiger partial charge in [-0.15, -0.1) is 12.4 Å². The van der Waals surface area contributed by atoms with Crippen LogP contribution >= 0.6 is 12.4 Å². The van der Waals surface area contributed by atoms with Crippen LogP contribution < -0.4 is 11.1 Å². The van der Waals surface area contributed by atoms with Gasteiger partial charge in [0.2, 0.25) is 5.91 Å². The van der Waals surface area contributed by atoms with E-state index in [2.05, 4.69) is 5.32 Å². The van der Waals surface area contributed by atoms with E-state index in [4.69, 9.17) is 5.73 Å². The highest BCUT2D eigenvalue weighted by atomic mass is 35.5. The Morgan fingerprint density at radius 1 is 1.12 bits per heavy atom. The highest BCUT2D eigenvalue weighted by Gasteiger charge is 2.24. The molecule has 0 radical (unpaired) electrons. The maximum atomic E-state index is 13.9. The molecular weight excluding hydrogens is 327 g/mol. The van der Waals surface area contributed by atoms with Gasteiger partial charge in [-0.1, -0.05) is 62.4 Å². The standard InChI is InChI=1S/C19H23FN2O.ClH/c1-19(2,15-10-6-7-11-16(15)20)13-22-18(23)12-17(21)14-8-4-3-5-9-14;/h3-11,17H,12-13,21H2,1-2H3,(H,22,23);1H. The minimum Gasteiger partial charge on any atom is -0.355 e. The number of carbonyl (C=O) groups is 1. The summed E-state index contributed by atoms with van der Waals surface area (Å²) in [6, 6.07) is 15.8. The molecule has 1 unspecified atom stereocenters. The van der Waals surface area contributed by atoms with Crippen LogP contribution in [0.4, 0.5) is 4.39 Å². The number of carbonyl (C=O) groups excluding carboxylic acids is 1. The molecule has 1 amide bonds. The van der Waals surface area contributed by atoms with Crippen LogP contribution in [0.15, 0.2) is 54.6 Å². The molecule has 0 aromatic heterocycles. The van der Waals surface area contributed by atoms with Gasteiger partial charge in [-0.25, -0.2) is 4.39 Å². The first-order chi connectivity index (χ1) is 10.9. The van der Waals surface area contributed by atoms with Gasteiger partial charge >= 0.3 is 0 Å². The first kappa shape index (κ1) is 20.1. The summed E-state index contributed by atoms with van der Waals surface area (Å²) in [6.07, 6.45) is 0.206. The molecule has 0 aliphatic rings. The fourth-order valence-corrected chi connectivity index (χ4v) is 2.51. The second-order valence-electron chi connectivity index (χ2n) is 6.36. The summed E-state index contributed by atoms with van der Waals surface area (Å²) in [7, 11) is 0. The van der Waals surface area contributed by atoms with Crippen LogP contribution in [0.3, 0.4) is 0 Å². The molecule has 3 N–H and O–H groups in total. The number of nitrogens with one attached hydrogen (secondary N) is 1. The Morgan fingerprint density at radius 3 is 2.33 bits per heavy atom. The van der Waals surface area contributed by atoms with Crippen LogP contribution in [0.25, 0.3) is 0 Å². The lowest BCUT2D eigenvalue weighted by molar-refractivity contribution is -0.121. The molecule has 3 nitrogen and oxygen atoms in total. The van der Waals surface area contributed by atoms with E-state index in [-0.39, 0.29) is 36.6 Å². The largest absolute Gasteiger partial charge is 0.355 e. The van der Waals surface area contributed by atoms with Crippen molar-refractivity contribution in [3.8, 4) is 0 Å². The predicted molar refractivity (Wildman–Crippen MR) is 97.7 cm³/mol. The summed E-state index contributed by atoms with van der Waals surface area (Å²) in [4.78, 5) is 12.1. The first-order valence-electron chi connectivity index (χ1n) is 7.72. The third kappa shape index (κ3) is 5.32. The van der Waals surface area contributed by atoms with Crippen LogP contribution in [0.1, 0.15) is 37.4 Å². The second kappa shape index (κ2) is 8.81. The summed E-state index contributed by atoms with van der Waals surface area (Å²) in [6.45, 7) is 4.17. The van der Waals surface area contributed by atoms with Crippen LogP contribution in [0, 0.1) is 5.82 Å². The van der Waals surface area contributed by atoms with Crippen molar-refractivity contribution in [2.24, 2.45) is 5.73 Å². The molecular formula is C19H24ClFN2O. The minimum absolute atomic E-state index is 0. The van der Waals surface area contributed by atoms with Crippen molar-refractivity contribution in [3.63, 3.8) is 0 Å². The topological polar surface area (TPSA) is 55.1 Å². The highest BCUT2D eigenvalue weighted by Crippen LogP contribution is 2.25. The molecule has 130 valence electrons. The molecule has 0 fully saturated rings. The zero-order valence-corrected chi connectivity index (χ0v) is 14.8. The minimum atomic E-state index is -0.488. The monoisotopic (exact) mass is 350 g/mol. The molecule has 2 aromatic rings. The zero-order chi connectivity index (χ0) is 16.9. The zero-order valence-electron chi connectivity index (χ0n) is 14.0. The Morgan fingerprint density at radius 2 is 1.71 bits per heavy atom. The number of hydrogen-bond acceptors (Lipinski definition) is 2. The average molecular weight is 351 g/mol. The molecule has 1 atom stereocenters. The van der Waals surface area contributed by atoms with Crippen molar-refractivity contribution in [1.82, 2.24) is 5.32 Å². The maximum Gasteiger partial charge on any atom is 0.221 e. The van der Waals surface area contributed by atoms with Gasteiger partial charge in [-0.05, 0) is 17.2 Å². The van der Waals surface area contributed by atoms with Crippen molar-refractivity contribution < 1.29 is 9.18 Å². The lowest BCUT2D eigenvalue weighted by Crippen LogP contribution is -2.38. The van der Waals surface area contributed by atoms with Crippen molar-refractivity contribution in [2.75, 3.05) is 6.54 Å². The maximum absolute atomic E-state index is 13.9. The number of amides is 1. The summed E-state index contributed by atoms with van der Waals surface area (Å²) >= 11 is 0. The lowest BCUT2D eigenvalue weighted by atomic mass is 9.84. The fraction of sp³-hybridized carbons (Fsp3) is 0.316. The molecule has 0 aliphatic carbocycles. The third-order valence-electron chi connectivity index (χ3n) is 3.96. The van der Waals surface area contributed by atoms with Crippen molar-refractivity contribution in [1.29, 1.82) is 0 Å². The number of rotatable bonds is 6. The lowest BCUT2D eigenvalue weighted by Gasteiger charge is -2.26. The molecule has 2 rings (SSSR count). The Kier molecular flexibility index (Phi) is 7.39. The van der Waals surface area contributed by atoms with E-state index in [0.717, 1.165) is 5.56 Å². The van der Waals surface area contributed by atoms with E-state index < -0.39 is 5.41 Å². The first-order valence-corrected chi connectivity index (χ1v) is 7.72. The van der Waals surface area contributed by atoms with Gasteiger partial charge in [0, 0.05) is 24.4 Å². The third-order valence-corrected chi connectivity index (χ3v) is 3.96. The number of benzene rings is 2. The van der Waals surface area contributed by atoms with Gasteiger partial charge in [0.25, 0.3) is 0 Å².